The Morgan fingerprint density at radius 3 is 2.88 bits per heavy atom. The van der Waals surface area contributed by atoms with Crippen LogP contribution in [0, 0.1) is 0 Å². The molecular formula is C12H17BrN2OS. The van der Waals surface area contributed by atoms with Crippen LogP contribution in [-0.4, -0.2) is 24.7 Å². The Morgan fingerprint density at radius 1 is 1.41 bits per heavy atom. The summed E-state index contributed by atoms with van der Waals surface area (Å²) < 4.78 is 1.08. The van der Waals surface area contributed by atoms with Crippen molar-refractivity contribution < 1.29 is 4.79 Å². The monoisotopic (exact) mass is 316 g/mol. The molecule has 0 unspecified atom stereocenters. The van der Waals surface area contributed by atoms with E-state index in [4.69, 9.17) is 5.73 Å². The van der Waals surface area contributed by atoms with Gasteiger partial charge in [0.05, 0.1) is 0 Å². The lowest BCUT2D eigenvalue weighted by Crippen LogP contribution is -2.26. The molecule has 0 radical (unpaired) electrons. The lowest BCUT2D eigenvalue weighted by atomic mass is 10.4. The molecule has 0 aliphatic carbocycles. The number of rotatable bonds is 7. The maximum atomic E-state index is 11.4. The normalized spacial score (nSPS) is 10.2. The lowest BCUT2D eigenvalue weighted by molar-refractivity contribution is -0.120. The largest absolute Gasteiger partial charge is 0.356 e. The van der Waals surface area contributed by atoms with E-state index in [-0.39, 0.29) is 5.91 Å². The highest BCUT2D eigenvalue weighted by molar-refractivity contribution is 9.10. The third-order valence-electron chi connectivity index (χ3n) is 2.13. The molecule has 0 spiro atoms. The molecule has 5 heteroatoms. The van der Waals surface area contributed by atoms with E-state index in [0.717, 1.165) is 16.6 Å². The van der Waals surface area contributed by atoms with Crippen molar-refractivity contribution in [2.24, 2.45) is 5.73 Å². The molecule has 17 heavy (non-hydrogen) atoms. The standard InChI is InChI=1S/C12H17BrN2OS/c13-10-4-1-2-5-11(10)17-9-6-12(16)15-8-3-7-14/h1-2,4-5H,3,6-9,14H2,(H,15,16). The summed E-state index contributed by atoms with van der Waals surface area (Å²) in [7, 11) is 0. The van der Waals surface area contributed by atoms with Crippen molar-refractivity contribution in [3.05, 3.63) is 28.7 Å². The van der Waals surface area contributed by atoms with E-state index in [1.54, 1.807) is 11.8 Å². The van der Waals surface area contributed by atoms with Crippen LogP contribution in [0.3, 0.4) is 0 Å². The zero-order valence-corrected chi connectivity index (χ0v) is 12.0. The van der Waals surface area contributed by atoms with Crippen molar-refractivity contribution in [1.29, 1.82) is 0 Å². The maximum Gasteiger partial charge on any atom is 0.220 e. The van der Waals surface area contributed by atoms with Gasteiger partial charge in [0.2, 0.25) is 5.91 Å². The van der Waals surface area contributed by atoms with Crippen LogP contribution < -0.4 is 11.1 Å². The second kappa shape index (κ2) is 8.55. The molecule has 0 aromatic heterocycles. The zero-order valence-electron chi connectivity index (χ0n) is 9.62. The van der Waals surface area contributed by atoms with Gasteiger partial charge in [-0.3, -0.25) is 4.79 Å². The van der Waals surface area contributed by atoms with Crippen LogP contribution in [-0.2, 0) is 4.79 Å². The minimum atomic E-state index is 0.0954. The van der Waals surface area contributed by atoms with Crippen LogP contribution in [0.2, 0.25) is 0 Å². The highest BCUT2D eigenvalue weighted by Gasteiger charge is 2.03. The molecule has 0 atom stereocenters. The number of benzene rings is 1. The average Bonchev–Trinajstić information content (AvgIpc) is 2.32. The highest BCUT2D eigenvalue weighted by atomic mass is 79.9. The number of nitrogens with one attached hydrogen (secondary N) is 1. The maximum absolute atomic E-state index is 11.4. The van der Waals surface area contributed by atoms with Gasteiger partial charge in [-0.05, 0) is 41.0 Å². The van der Waals surface area contributed by atoms with Crippen molar-refractivity contribution in [2.45, 2.75) is 17.7 Å². The first-order chi connectivity index (χ1) is 8.24. The van der Waals surface area contributed by atoms with Crippen molar-refractivity contribution in [1.82, 2.24) is 5.32 Å². The van der Waals surface area contributed by atoms with Gasteiger partial charge in [0.1, 0.15) is 0 Å². The molecule has 0 aliphatic rings. The molecular weight excluding hydrogens is 300 g/mol. The Bertz CT molecular complexity index is 360. The van der Waals surface area contributed by atoms with Gasteiger partial charge in [0, 0.05) is 28.1 Å². The number of carbonyl (C=O) groups is 1. The van der Waals surface area contributed by atoms with Crippen LogP contribution in [0.5, 0.6) is 0 Å². The Balaban J connectivity index is 2.19. The van der Waals surface area contributed by atoms with Crippen LogP contribution >= 0.6 is 27.7 Å². The van der Waals surface area contributed by atoms with E-state index in [1.807, 2.05) is 24.3 Å². The van der Waals surface area contributed by atoms with Gasteiger partial charge in [-0.2, -0.15) is 0 Å². The molecule has 1 aromatic carbocycles. The van der Waals surface area contributed by atoms with Gasteiger partial charge in [0.15, 0.2) is 0 Å². The van der Waals surface area contributed by atoms with E-state index in [9.17, 15) is 4.79 Å². The molecule has 0 fully saturated rings. The molecule has 0 saturated carbocycles. The van der Waals surface area contributed by atoms with Crippen molar-refractivity contribution in [3.63, 3.8) is 0 Å². The van der Waals surface area contributed by atoms with Gasteiger partial charge in [-0.25, -0.2) is 0 Å². The van der Waals surface area contributed by atoms with E-state index >= 15 is 0 Å². The van der Waals surface area contributed by atoms with Gasteiger partial charge in [-0.15, -0.1) is 11.8 Å². The lowest BCUT2D eigenvalue weighted by Gasteiger charge is -2.05. The van der Waals surface area contributed by atoms with Crippen molar-refractivity contribution >= 4 is 33.6 Å². The van der Waals surface area contributed by atoms with Gasteiger partial charge < -0.3 is 11.1 Å². The van der Waals surface area contributed by atoms with Gasteiger partial charge in [0.25, 0.3) is 0 Å². The Labute approximate surface area is 115 Å². The van der Waals surface area contributed by atoms with E-state index in [0.29, 0.717) is 19.5 Å². The van der Waals surface area contributed by atoms with Crippen molar-refractivity contribution in [3.8, 4) is 0 Å². The van der Waals surface area contributed by atoms with Crippen molar-refractivity contribution in [2.75, 3.05) is 18.8 Å². The topological polar surface area (TPSA) is 55.1 Å². The second-order valence-corrected chi connectivity index (χ2v) is 5.51. The summed E-state index contributed by atoms with van der Waals surface area (Å²) in [5, 5.41) is 2.84. The van der Waals surface area contributed by atoms with Gasteiger partial charge >= 0.3 is 0 Å². The third kappa shape index (κ3) is 6.10. The Hall–Kier alpha value is -0.520. The first kappa shape index (κ1) is 14.5. The first-order valence-electron chi connectivity index (χ1n) is 5.58. The smallest absolute Gasteiger partial charge is 0.220 e. The molecule has 1 aromatic rings. The number of nitrogens with two attached hydrogens (primary N) is 1. The van der Waals surface area contributed by atoms with E-state index < -0.39 is 0 Å². The van der Waals surface area contributed by atoms with Gasteiger partial charge in [-0.1, -0.05) is 12.1 Å². The second-order valence-electron chi connectivity index (χ2n) is 3.52. The molecule has 3 nitrogen and oxygen atoms in total. The number of thioether (sulfide) groups is 1. The number of halogens is 1. The highest BCUT2D eigenvalue weighted by Crippen LogP contribution is 2.27. The molecule has 0 saturated heterocycles. The molecule has 0 heterocycles. The predicted molar refractivity (Wildman–Crippen MR) is 76.2 cm³/mol. The minimum absolute atomic E-state index is 0.0954. The summed E-state index contributed by atoms with van der Waals surface area (Å²) in [6, 6.07) is 8.02. The van der Waals surface area contributed by atoms with E-state index in [1.165, 1.54) is 4.90 Å². The molecule has 1 amide bonds. The Morgan fingerprint density at radius 2 is 2.18 bits per heavy atom. The fraction of sp³-hybridized carbons (Fsp3) is 0.417. The first-order valence-corrected chi connectivity index (χ1v) is 7.36. The summed E-state index contributed by atoms with van der Waals surface area (Å²) in [6.07, 6.45) is 1.37. The molecule has 1 rings (SSSR count). The molecule has 3 N–H and O–H groups in total. The quantitative estimate of drug-likeness (QED) is 0.600. The summed E-state index contributed by atoms with van der Waals surface area (Å²) in [6.45, 7) is 1.29. The van der Waals surface area contributed by atoms with Crippen LogP contribution in [0.4, 0.5) is 0 Å². The third-order valence-corrected chi connectivity index (χ3v) is 4.16. The SMILES string of the molecule is NCCCNC(=O)CCSc1ccccc1Br. The van der Waals surface area contributed by atoms with Crippen LogP contribution in [0.25, 0.3) is 0 Å². The number of carbonyl (C=O) groups excluding carboxylic acids is 1. The van der Waals surface area contributed by atoms with E-state index in [2.05, 4.69) is 21.2 Å². The van der Waals surface area contributed by atoms with Crippen LogP contribution in [0.15, 0.2) is 33.6 Å². The number of hydrogen-bond donors (Lipinski definition) is 2. The molecule has 0 bridgehead atoms. The summed E-state index contributed by atoms with van der Waals surface area (Å²) >= 11 is 5.16. The predicted octanol–water partition coefficient (Wildman–Crippen LogP) is 2.40. The zero-order chi connectivity index (χ0) is 12.5. The summed E-state index contributed by atoms with van der Waals surface area (Å²) in [5.41, 5.74) is 5.35. The fourth-order valence-electron chi connectivity index (χ4n) is 1.23. The number of amides is 1. The van der Waals surface area contributed by atoms with Crippen LogP contribution in [0.1, 0.15) is 12.8 Å². The Kier molecular flexibility index (Phi) is 7.32. The summed E-state index contributed by atoms with van der Waals surface area (Å²) in [4.78, 5) is 12.6. The summed E-state index contributed by atoms with van der Waals surface area (Å²) in [5.74, 6) is 0.884. The average molecular weight is 317 g/mol. The molecule has 94 valence electrons. The fourth-order valence-corrected chi connectivity index (χ4v) is 2.75. The number of hydrogen-bond acceptors (Lipinski definition) is 3. The molecule has 0 aliphatic heterocycles. The minimum Gasteiger partial charge on any atom is -0.356 e.